The first-order chi connectivity index (χ1) is 32.4. The Labute approximate surface area is 380 Å². The van der Waals surface area contributed by atoms with Gasteiger partial charge in [0.25, 0.3) is 0 Å². The van der Waals surface area contributed by atoms with E-state index in [1.165, 1.54) is 0 Å². The van der Waals surface area contributed by atoms with Crippen LogP contribution in [0.4, 0.5) is 39.8 Å². The summed E-state index contributed by atoms with van der Waals surface area (Å²) >= 11 is 0. The van der Waals surface area contributed by atoms with Gasteiger partial charge in [-0.05, 0) is 101 Å². The molecule has 0 saturated heterocycles. The van der Waals surface area contributed by atoms with E-state index in [1.54, 1.807) is 54.7 Å². The topological polar surface area (TPSA) is 117 Å². The van der Waals surface area contributed by atoms with Crippen molar-refractivity contribution in [2.75, 3.05) is 36.5 Å². The summed E-state index contributed by atoms with van der Waals surface area (Å²) in [6, 6.07) is 44.3. The Morgan fingerprint density at radius 2 is 0.758 bits per heavy atom. The number of fused-ring (bicyclic) bond motifs is 6. The molecule has 10 rings (SSSR count). The number of benzene rings is 7. The predicted molar refractivity (Wildman–Crippen MR) is 255 cm³/mol. The molecule has 66 heavy (non-hydrogen) atoms. The van der Waals surface area contributed by atoms with Gasteiger partial charge < -0.3 is 14.2 Å². The van der Waals surface area contributed by atoms with Gasteiger partial charge in [0, 0.05) is 5.56 Å². The van der Waals surface area contributed by atoms with Crippen LogP contribution >= 0.6 is 0 Å². The van der Waals surface area contributed by atoms with E-state index in [4.69, 9.17) is 35.3 Å². The fraction of sp³-hybridized carbons (Fsp3) is 0.0556. The standard InChI is InChI=1S/C54H36N6O6/c1-57-54-38(24-18-35-21-27-46-52(30-35)65-49-15-9-6-12-43(49)59(46)62-3)40(32-55)37(23-17-34-20-26-45-51(29-34)64-48-14-8-5-11-42(48)58(45)61-2)41(33-56)39(54)25-19-36-22-28-47-53(31-36)66-50-16-10-7-13-44(50)60(47)63-4/h5-31H,2-4H3/b23-17+,24-18+,25-19+. The third-order valence-electron chi connectivity index (χ3n) is 11.3. The molecule has 0 N–H and O–H groups in total. The van der Waals surface area contributed by atoms with E-state index < -0.39 is 0 Å². The third kappa shape index (κ3) is 7.10. The molecule has 7 aromatic carbocycles. The zero-order valence-corrected chi connectivity index (χ0v) is 35.7. The summed E-state index contributed by atoms with van der Waals surface area (Å²) in [5.74, 6) is 3.58. The smallest absolute Gasteiger partial charge is 0.204 e. The summed E-state index contributed by atoms with van der Waals surface area (Å²) in [6.07, 6.45) is 10.7. The van der Waals surface area contributed by atoms with Crippen LogP contribution < -0.4 is 29.4 Å². The second kappa shape index (κ2) is 17.2. The first-order valence-corrected chi connectivity index (χ1v) is 20.7. The number of nitriles is 2. The highest BCUT2D eigenvalue weighted by atomic mass is 16.7. The van der Waals surface area contributed by atoms with Gasteiger partial charge >= 0.3 is 0 Å². The summed E-state index contributed by atoms with van der Waals surface area (Å²) in [5.41, 5.74) is 8.14. The Morgan fingerprint density at radius 3 is 1.08 bits per heavy atom. The number of rotatable bonds is 9. The van der Waals surface area contributed by atoms with Crippen LogP contribution in [0.1, 0.15) is 44.5 Å². The van der Waals surface area contributed by atoms with Gasteiger partial charge in [0.15, 0.2) is 34.5 Å². The van der Waals surface area contributed by atoms with E-state index in [1.807, 2.05) is 146 Å². The van der Waals surface area contributed by atoms with Gasteiger partial charge in [-0.15, -0.1) is 0 Å². The Bertz CT molecular complexity index is 2970. The SMILES string of the molecule is [C-]#[N+]c1c(/C=C/c2ccc3c(c2)Oc2ccccc2N3OC)c(C#N)c(/C=C/c2ccc3c(c2)Oc2ccccc2N3OC)c(C#N)c1/C=C/c1ccc2c(c1)Oc1ccccc1N2OC. The summed E-state index contributed by atoms with van der Waals surface area (Å²) in [7, 11) is 4.79. The number of hydrogen-bond donors (Lipinski definition) is 0. The molecular weight excluding hydrogens is 829 g/mol. The van der Waals surface area contributed by atoms with E-state index in [2.05, 4.69) is 17.0 Å². The van der Waals surface area contributed by atoms with Crippen molar-refractivity contribution in [3.63, 3.8) is 0 Å². The largest absolute Gasteiger partial charge is 0.453 e. The molecule has 0 spiro atoms. The zero-order chi connectivity index (χ0) is 45.3. The van der Waals surface area contributed by atoms with Crippen LogP contribution in [0.3, 0.4) is 0 Å². The molecule has 3 heterocycles. The Morgan fingerprint density at radius 1 is 0.439 bits per heavy atom. The van der Waals surface area contributed by atoms with Gasteiger partial charge in [0.05, 0.1) is 51.2 Å². The highest BCUT2D eigenvalue weighted by molar-refractivity contribution is 5.95. The quantitative estimate of drug-likeness (QED) is 0.102. The van der Waals surface area contributed by atoms with Crippen molar-refractivity contribution in [3.8, 4) is 46.6 Å². The molecule has 0 bridgehead atoms. The molecule has 0 saturated carbocycles. The zero-order valence-electron chi connectivity index (χ0n) is 35.7. The van der Waals surface area contributed by atoms with Crippen LogP contribution in [0.25, 0.3) is 41.3 Å². The monoisotopic (exact) mass is 864 g/mol. The highest BCUT2D eigenvalue weighted by Crippen LogP contribution is 2.50. The van der Waals surface area contributed by atoms with Crippen molar-refractivity contribution < 1.29 is 28.7 Å². The molecule has 7 aromatic rings. The summed E-state index contributed by atoms with van der Waals surface area (Å²) in [5, 5.41) is 26.9. The Hall–Kier alpha value is -9.09. The second-order valence-corrected chi connectivity index (χ2v) is 15.0. The van der Waals surface area contributed by atoms with Crippen LogP contribution in [0, 0.1) is 29.2 Å². The van der Waals surface area contributed by atoms with Crippen molar-refractivity contribution in [2.24, 2.45) is 0 Å². The average Bonchev–Trinajstić information content (AvgIpc) is 3.36. The van der Waals surface area contributed by atoms with E-state index in [0.717, 1.165) is 33.8 Å². The maximum absolute atomic E-state index is 10.9. The van der Waals surface area contributed by atoms with E-state index in [9.17, 15) is 10.5 Å². The fourth-order valence-electron chi connectivity index (χ4n) is 8.31. The van der Waals surface area contributed by atoms with Gasteiger partial charge in [-0.3, -0.25) is 14.5 Å². The molecule has 0 amide bonds. The first kappa shape index (κ1) is 41.0. The molecule has 12 heteroatoms. The Kier molecular flexibility index (Phi) is 10.7. The molecule has 318 valence electrons. The molecule has 0 unspecified atom stereocenters. The number of anilines is 6. The van der Waals surface area contributed by atoms with E-state index >= 15 is 0 Å². The lowest BCUT2D eigenvalue weighted by Crippen LogP contribution is -2.19. The van der Waals surface area contributed by atoms with Gasteiger partial charge in [-0.1, -0.05) is 91.1 Å². The summed E-state index contributed by atoms with van der Waals surface area (Å²) in [6.45, 7) is 8.50. The van der Waals surface area contributed by atoms with Gasteiger partial charge in [-0.25, -0.2) is 20.0 Å². The van der Waals surface area contributed by atoms with Crippen molar-refractivity contribution >= 4 is 76.3 Å². The first-order valence-electron chi connectivity index (χ1n) is 20.7. The van der Waals surface area contributed by atoms with Gasteiger partial charge in [0.2, 0.25) is 5.69 Å². The maximum Gasteiger partial charge on any atom is 0.204 e. The maximum atomic E-state index is 10.9. The Balaban J connectivity index is 1.08. The summed E-state index contributed by atoms with van der Waals surface area (Å²) in [4.78, 5) is 21.2. The molecule has 0 radical (unpaired) electrons. The third-order valence-corrected chi connectivity index (χ3v) is 11.3. The second-order valence-electron chi connectivity index (χ2n) is 15.0. The average molecular weight is 865 g/mol. The minimum Gasteiger partial charge on any atom is -0.453 e. The van der Waals surface area contributed by atoms with Gasteiger partial charge in [0.1, 0.15) is 34.1 Å². The van der Waals surface area contributed by atoms with E-state index in [0.29, 0.717) is 68.2 Å². The van der Waals surface area contributed by atoms with Crippen LogP contribution in [0.2, 0.25) is 0 Å². The highest BCUT2D eigenvalue weighted by Gasteiger charge is 2.28. The lowest BCUT2D eigenvalue weighted by molar-refractivity contribution is 0.194. The fourth-order valence-corrected chi connectivity index (χ4v) is 8.31. The van der Waals surface area contributed by atoms with E-state index in [-0.39, 0.29) is 16.8 Å². The van der Waals surface area contributed by atoms with Crippen molar-refractivity contribution in [1.29, 1.82) is 10.5 Å². The number of nitrogens with zero attached hydrogens (tertiary/aromatic N) is 6. The minimum atomic E-state index is 0.135. The molecule has 3 aliphatic rings. The lowest BCUT2D eigenvalue weighted by Gasteiger charge is -2.30. The molecule has 0 atom stereocenters. The van der Waals surface area contributed by atoms with Crippen LogP contribution in [-0.2, 0) is 14.5 Å². The van der Waals surface area contributed by atoms with Crippen LogP contribution in [-0.4, -0.2) is 21.3 Å². The molecule has 12 nitrogen and oxygen atoms in total. The molecular formula is C54H36N6O6. The van der Waals surface area contributed by atoms with Crippen LogP contribution in [0.15, 0.2) is 127 Å². The van der Waals surface area contributed by atoms with Crippen molar-refractivity contribution in [3.05, 3.63) is 183 Å². The van der Waals surface area contributed by atoms with Crippen LogP contribution in [0.5, 0.6) is 34.5 Å². The lowest BCUT2D eigenvalue weighted by atomic mass is 9.88. The number of para-hydroxylation sites is 6. The minimum absolute atomic E-state index is 0.135. The number of ether oxygens (including phenoxy) is 3. The van der Waals surface area contributed by atoms with Crippen molar-refractivity contribution in [2.45, 2.75) is 0 Å². The van der Waals surface area contributed by atoms with Crippen molar-refractivity contribution in [1.82, 2.24) is 0 Å². The molecule has 0 aromatic heterocycles. The summed E-state index contributed by atoms with van der Waals surface area (Å²) < 4.78 is 18.9. The molecule has 0 aliphatic carbocycles. The number of hydrogen-bond acceptors (Lipinski definition) is 11. The molecule has 3 aliphatic heterocycles. The van der Waals surface area contributed by atoms with Gasteiger partial charge in [-0.2, -0.15) is 10.5 Å². The molecule has 0 fully saturated rings. The predicted octanol–water partition coefficient (Wildman–Crippen LogP) is 13.9. The normalized spacial score (nSPS) is 13.0.